The molecule has 1 heteroatoms. The van der Waals surface area contributed by atoms with E-state index in [1.165, 1.54) is 5.56 Å². The topological polar surface area (TPSA) is 20.2 Å². The van der Waals surface area contributed by atoms with Gasteiger partial charge in [0.2, 0.25) is 0 Å². The minimum Gasteiger partial charge on any atom is -0.393 e. The molecular formula is C13H18O. The standard InChI is InChI=1S/C13H18O/c1-9(2)13(14)12-8-11(12)10-6-4-3-5-7-10/h3-7,9,11-14H,8H2,1-2H3/t11-,12+,13+/m0/s1. The number of benzene rings is 1. The van der Waals surface area contributed by atoms with Crippen molar-refractivity contribution in [2.45, 2.75) is 32.3 Å². The lowest BCUT2D eigenvalue weighted by Gasteiger charge is -2.13. The van der Waals surface area contributed by atoms with Gasteiger partial charge in [-0.15, -0.1) is 0 Å². The van der Waals surface area contributed by atoms with Gasteiger partial charge in [-0.05, 0) is 29.7 Å². The van der Waals surface area contributed by atoms with Gasteiger partial charge in [-0.2, -0.15) is 0 Å². The van der Waals surface area contributed by atoms with Crippen molar-refractivity contribution in [1.29, 1.82) is 0 Å². The first kappa shape index (κ1) is 9.72. The zero-order valence-electron chi connectivity index (χ0n) is 8.85. The second-order valence-electron chi connectivity index (χ2n) is 4.65. The fourth-order valence-electron chi connectivity index (χ4n) is 2.17. The second kappa shape index (κ2) is 3.74. The Morgan fingerprint density at radius 1 is 1.21 bits per heavy atom. The summed E-state index contributed by atoms with van der Waals surface area (Å²) in [6, 6.07) is 10.5. The molecule has 0 heterocycles. The molecule has 76 valence electrons. The fraction of sp³-hybridized carbons (Fsp3) is 0.538. The molecule has 0 aliphatic heterocycles. The first-order valence-corrected chi connectivity index (χ1v) is 5.43. The first-order chi connectivity index (χ1) is 6.70. The summed E-state index contributed by atoms with van der Waals surface area (Å²) < 4.78 is 0. The zero-order valence-corrected chi connectivity index (χ0v) is 8.85. The van der Waals surface area contributed by atoms with E-state index >= 15 is 0 Å². The summed E-state index contributed by atoms with van der Waals surface area (Å²) in [5.41, 5.74) is 1.39. The Labute approximate surface area is 85.8 Å². The van der Waals surface area contributed by atoms with Crippen LogP contribution in [0.4, 0.5) is 0 Å². The minimum atomic E-state index is -0.125. The average Bonchev–Trinajstić information content (AvgIpc) is 2.97. The average molecular weight is 190 g/mol. The third kappa shape index (κ3) is 1.83. The van der Waals surface area contributed by atoms with E-state index in [2.05, 4.69) is 38.1 Å². The summed E-state index contributed by atoms with van der Waals surface area (Å²) in [6.07, 6.45) is 1.03. The Hall–Kier alpha value is -0.820. The van der Waals surface area contributed by atoms with Gasteiger partial charge in [0.1, 0.15) is 0 Å². The zero-order chi connectivity index (χ0) is 10.1. The highest BCUT2D eigenvalue weighted by molar-refractivity contribution is 5.26. The van der Waals surface area contributed by atoms with Gasteiger partial charge in [0.25, 0.3) is 0 Å². The highest BCUT2D eigenvalue weighted by atomic mass is 16.3. The van der Waals surface area contributed by atoms with Crippen LogP contribution < -0.4 is 0 Å². The molecule has 0 aromatic heterocycles. The summed E-state index contributed by atoms with van der Waals surface area (Å²) >= 11 is 0. The van der Waals surface area contributed by atoms with Crippen molar-refractivity contribution < 1.29 is 5.11 Å². The fourth-order valence-corrected chi connectivity index (χ4v) is 2.17. The first-order valence-electron chi connectivity index (χ1n) is 5.43. The van der Waals surface area contributed by atoms with Crippen molar-refractivity contribution in [3.8, 4) is 0 Å². The van der Waals surface area contributed by atoms with Crippen LogP contribution in [0.2, 0.25) is 0 Å². The van der Waals surface area contributed by atoms with Crippen LogP contribution in [0.1, 0.15) is 31.7 Å². The molecule has 0 bridgehead atoms. The number of hydrogen-bond donors (Lipinski definition) is 1. The SMILES string of the molecule is CC(C)[C@@H](O)[C@@H]1C[C@H]1c1ccccc1. The Bertz CT molecular complexity index is 291. The van der Waals surface area contributed by atoms with Gasteiger partial charge in [-0.1, -0.05) is 44.2 Å². The quantitative estimate of drug-likeness (QED) is 0.777. The lowest BCUT2D eigenvalue weighted by Crippen LogP contribution is -2.17. The molecule has 2 rings (SSSR count). The smallest absolute Gasteiger partial charge is 0.0597 e. The number of rotatable bonds is 3. The van der Waals surface area contributed by atoms with Gasteiger partial charge in [-0.25, -0.2) is 0 Å². The predicted molar refractivity (Wildman–Crippen MR) is 58.1 cm³/mol. The molecule has 1 N–H and O–H groups in total. The van der Waals surface area contributed by atoms with Crippen molar-refractivity contribution in [3.63, 3.8) is 0 Å². The largest absolute Gasteiger partial charge is 0.393 e. The van der Waals surface area contributed by atoms with E-state index in [-0.39, 0.29) is 6.10 Å². The van der Waals surface area contributed by atoms with Crippen LogP contribution >= 0.6 is 0 Å². The van der Waals surface area contributed by atoms with Gasteiger partial charge in [0, 0.05) is 0 Å². The maximum atomic E-state index is 9.90. The van der Waals surface area contributed by atoms with Gasteiger partial charge in [0.15, 0.2) is 0 Å². The third-order valence-corrected chi connectivity index (χ3v) is 3.19. The van der Waals surface area contributed by atoms with Crippen LogP contribution in [-0.4, -0.2) is 11.2 Å². The maximum absolute atomic E-state index is 9.90. The van der Waals surface area contributed by atoms with E-state index in [9.17, 15) is 5.11 Å². The molecule has 1 aromatic carbocycles. The normalized spacial score (nSPS) is 27.7. The molecule has 1 fully saturated rings. The van der Waals surface area contributed by atoms with Crippen LogP contribution in [-0.2, 0) is 0 Å². The molecule has 0 unspecified atom stereocenters. The maximum Gasteiger partial charge on any atom is 0.0597 e. The van der Waals surface area contributed by atoms with Crippen molar-refractivity contribution in [2.75, 3.05) is 0 Å². The number of hydrogen-bond acceptors (Lipinski definition) is 1. The number of aliphatic hydroxyl groups is 1. The van der Waals surface area contributed by atoms with Gasteiger partial charge in [0.05, 0.1) is 6.10 Å². The molecule has 1 aliphatic carbocycles. The van der Waals surface area contributed by atoms with Gasteiger partial charge in [-0.3, -0.25) is 0 Å². The van der Waals surface area contributed by atoms with Crippen molar-refractivity contribution in [1.82, 2.24) is 0 Å². The molecule has 1 nitrogen and oxygen atoms in total. The summed E-state index contributed by atoms with van der Waals surface area (Å²) in [6.45, 7) is 4.18. The summed E-state index contributed by atoms with van der Waals surface area (Å²) in [7, 11) is 0. The van der Waals surface area contributed by atoms with Crippen LogP contribution in [0.5, 0.6) is 0 Å². The minimum absolute atomic E-state index is 0.125. The van der Waals surface area contributed by atoms with E-state index in [4.69, 9.17) is 0 Å². The highest BCUT2D eigenvalue weighted by Gasteiger charge is 2.43. The molecule has 1 aromatic rings. The predicted octanol–water partition coefficient (Wildman–Crippen LogP) is 2.81. The van der Waals surface area contributed by atoms with Crippen molar-refractivity contribution in [2.24, 2.45) is 11.8 Å². The summed E-state index contributed by atoms with van der Waals surface area (Å²) in [5, 5.41) is 9.90. The summed E-state index contributed by atoms with van der Waals surface area (Å²) in [4.78, 5) is 0. The Morgan fingerprint density at radius 3 is 2.43 bits per heavy atom. The Morgan fingerprint density at radius 2 is 1.86 bits per heavy atom. The lowest BCUT2D eigenvalue weighted by molar-refractivity contribution is 0.101. The van der Waals surface area contributed by atoms with Crippen molar-refractivity contribution in [3.05, 3.63) is 35.9 Å². The van der Waals surface area contributed by atoms with E-state index in [1.54, 1.807) is 0 Å². The van der Waals surface area contributed by atoms with Crippen LogP contribution in [0.25, 0.3) is 0 Å². The molecule has 1 saturated carbocycles. The van der Waals surface area contributed by atoms with Gasteiger partial charge < -0.3 is 5.11 Å². The molecule has 14 heavy (non-hydrogen) atoms. The van der Waals surface area contributed by atoms with E-state index < -0.39 is 0 Å². The molecular weight excluding hydrogens is 172 g/mol. The number of aliphatic hydroxyl groups excluding tert-OH is 1. The molecule has 0 spiro atoms. The molecule has 0 radical (unpaired) electrons. The van der Waals surface area contributed by atoms with E-state index in [0.29, 0.717) is 17.8 Å². The van der Waals surface area contributed by atoms with E-state index in [0.717, 1.165) is 6.42 Å². The van der Waals surface area contributed by atoms with Crippen LogP contribution in [0, 0.1) is 11.8 Å². The highest BCUT2D eigenvalue weighted by Crippen LogP contribution is 2.50. The van der Waals surface area contributed by atoms with Crippen LogP contribution in [0.3, 0.4) is 0 Å². The van der Waals surface area contributed by atoms with Gasteiger partial charge >= 0.3 is 0 Å². The molecule has 1 aliphatic rings. The Kier molecular flexibility index (Phi) is 2.60. The Balaban J connectivity index is 2.00. The molecule has 3 atom stereocenters. The van der Waals surface area contributed by atoms with Crippen LogP contribution in [0.15, 0.2) is 30.3 Å². The summed E-state index contributed by atoms with van der Waals surface area (Å²) in [5.74, 6) is 1.49. The van der Waals surface area contributed by atoms with Crippen molar-refractivity contribution >= 4 is 0 Å². The van der Waals surface area contributed by atoms with E-state index in [1.807, 2.05) is 6.07 Å². The molecule has 0 saturated heterocycles. The lowest BCUT2D eigenvalue weighted by atomic mass is 9.99. The third-order valence-electron chi connectivity index (χ3n) is 3.19. The monoisotopic (exact) mass is 190 g/mol. The second-order valence-corrected chi connectivity index (χ2v) is 4.65. The molecule has 0 amide bonds.